The van der Waals surface area contributed by atoms with E-state index in [0.29, 0.717) is 18.7 Å². The van der Waals surface area contributed by atoms with Gasteiger partial charge in [0.05, 0.1) is 11.4 Å². The van der Waals surface area contributed by atoms with Gasteiger partial charge in [0.2, 0.25) is 11.8 Å². The SMILES string of the molecule is CCc1nn(-c2ccccc2)c(Oc2ccc(C)cc2)c1CCC(=O)N(C)C(C)C. The van der Waals surface area contributed by atoms with Crippen LogP contribution in [-0.2, 0) is 17.6 Å². The molecule has 30 heavy (non-hydrogen) atoms. The van der Waals surface area contributed by atoms with Crippen LogP contribution in [0.15, 0.2) is 54.6 Å². The van der Waals surface area contributed by atoms with Crippen LogP contribution >= 0.6 is 0 Å². The highest BCUT2D eigenvalue weighted by molar-refractivity contribution is 5.76. The summed E-state index contributed by atoms with van der Waals surface area (Å²) in [6.45, 7) is 8.18. The van der Waals surface area contributed by atoms with Crippen molar-refractivity contribution in [1.29, 1.82) is 0 Å². The van der Waals surface area contributed by atoms with E-state index >= 15 is 0 Å². The number of aryl methyl sites for hydroxylation is 2. The first-order chi connectivity index (χ1) is 14.4. The van der Waals surface area contributed by atoms with Gasteiger partial charge < -0.3 is 9.64 Å². The summed E-state index contributed by atoms with van der Waals surface area (Å²) >= 11 is 0. The lowest BCUT2D eigenvalue weighted by atomic mass is 10.1. The molecule has 1 heterocycles. The van der Waals surface area contributed by atoms with E-state index in [1.54, 1.807) is 4.90 Å². The minimum absolute atomic E-state index is 0.126. The van der Waals surface area contributed by atoms with E-state index in [1.165, 1.54) is 5.56 Å². The molecule has 0 aliphatic carbocycles. The van der Waals surface area contributed by atoms with Crippen LogP contribution in [0, 0.1) is 6.92 Å². The van der Waals surface area contributed by atoms with Gasteiger partial charge in [-0.15, -0.1) is 0 Å². The first kappa shape index (κ1) is 21.6. The first-order valence-corrected chi connectivity index (χ1v) is 10.6. The lowest BCUT2D eigenvalue weighted by Crippen LogP contribution is -2.33. The lowest BCUT2D eigenvalue weighted by molar-refractivity contribution is -0.131. The Kier molecular flexibility index (Phi) is 6.93. The normalized spacial score (nSPS) is 11.0. The number of para-hydroxylation sites is 1. The predicted molar refractivity (Wildman–Crippen MR) is 120 cm³/mol. The van der Waals surface area contributed by atoms with Crippen LogP contribution in [0.25, 0.3) is 5.69 Å². The maximum absolute atomic E-state index is 12.6. The average molecular weight is 406 g/mol. The van der Waals surface area contributed by atoms with Crippen molar-refractivity contribution in [2.75, 3.05) is 7.05 Å². The van der Waals surface area contributed by atoms with Gasteiger partial charge in [0.1, 0.15) is 5.75 Å². The molecule has 3 aromatic rings. The van der Waals surface area contributed by atoms with Crippen molar-refractivity contribution in [3.8, 4) is 17.3 Å². The van der Waals surface area contributed by atoms with Crippen LogP contribution < -0.4 is 4.74 Å². The molecule has 0 bridgehead atoms. The van der Waals surface area contributed by atoms with Gasteiger partial charge in [-0.3, -0.25) is 4.79 Å². The summed E-state index contributed by atoms with van der Waals surface area (Å²) in [5, 5.41) is 4.84. The zero-order chi connectivity index (χ0) is 21.7. The summed E-state index contributed by atoms with van der Waals surface area (Å²) in [6.07, 6.45) is 1.78. The molecule has 0 fully saturated rings. The highest BCUT2D eigenvalue weighted by Gasteiger charge is 2.22. The van der Waals surface area contributed by atoms with Crippen molar-refractivity contribution in [3.63, 3.8) is 0 Å². The number of nitrogens with zero attached hydrogens (tertiary/aromatic N) is 3. The Morgan fingerprint density at radius 2 is 1.77 bits per heavy atom. The molecule has 158 valence electrons. The van der Waals surface area contributed by atoms with E-state index in [2.05, 4.69) is 13.8 Å². The fraction of sp³-hybridized carbons (Fsp3) is 0.360. The van der Waals surface area contributed by atoms with Gasteiger partial charge in [0.25, 0.3) is 0 Å². The van der Waals surface area contributed by atoms with Gasteiger partial charge in [-0.1, -0.05) is 42.8 Å². The third kappa shape index (κ3) is 4.90. The molecule has 5 heteroatoms. The van der Waals surface area contributed by atoms with E-state index < -0.39 is 0 Å². The molecule has 1 amide bonds. The van der Waals surface area contributed by atoms with Gasteiger partial charge in [0, 0.05) is 25.1 Å². The van der Waals surface area contributed by atoms with Crippen LogP contribution in [0.3, 0.4) is 0 Å². The number of amides is 1. The van der Waals surface area contributed by atoms with Crippen LogP contribution in [0.1, 0.15) is 44.0 Å². The molecule has 0 radical (unpaired) electrons. The van der Waals surface area contributed by atoms with Crippen molar-refractivity contribution >= 4 is 5.91 Å². The average Bonchev–Trinajstić information content (AvgIpc) is 3.10. The van der Waals surface area contributed by atoms with E-state index in [9.17, 15) is 4.79 Å². The number of carbonyl (C=O) groups excluding carboxylic acids is 1. The summed E-state index contributed by atoms with van der Waals surface area (Å²) in [5.74, 6) is 1.56. The van der Waals surface area contributed by atoms with Crippen LogP contribution in [0.5, 0.6) is 11.6 Å². The van der Waals surface area contributed by atoms with Crippen molar-refractivity contribution in [3.05, 3.63) is 71.4 Å². The molecule has 0 unspecified atom stereocenters. The van der Waals surface area contributed by atoms with E-state index in [0.717, 1.165) is 29.1 Å². The molecule has 0 N–H and O–H groups in total. The Balaban J connectivity index is 1.99. The molecule has 0 aliphatic heterocycles. The van der Waals surface area contributed by atoms with Gasteiger partial charge in [-0.25, -0.2) is 4.68 Å². The van der Waals surface area contributed by atoms with Crippen molar-refractivity contribution < 1.29 is 9.53 Å². The number of hydrogen-bond acceptors (Lipinski definition) is 3. The molecule has 0 atom stereocenters. The number of rotatable bonds is 8. The van der Waals surface area contributed by atoms with Crippen molar-refractivity contribution in [2.45, 2.75) is 53.0 Å². The summed E-state index contributed by atoms with van der Waals surface area (Å²) in [6, 6.07) is 18.1. The lowest BCUT2D eigenvalue weighted by Gasteiger charge is -2.21. The van der Waals surface area contributed by atoms with E-state index in [1.807, 2.05) is 80.2 Å². The Bertz CT molecular complexity index is 976. The molecule has 0 spiro atoms. The van der Waals surface area contributed by atoms with Gasteiger partial charge in [0.15, 0.2) is 0 Å². The Hall–Kier alpha value is -3.08. The first-order valence-electron chi connectivity index (χ1n) is 10.6. The fourth-order valence-corrected chi connectivity index (χ4v) is 3.28. The topological polar surface area (TPSA) is 47.4 Å². The van der Waals surface area contributed by atoms with E-state index in [4.69, 9.17) is 9.84 Å². The van der Waals surface area contributed by atoms with Crippen LogP contribution in [-0.4, -0.2) is 33.7 Å². The fourth-order valence-electron chi connectivity index (χ4n) is 3.28. The molecular weight excluding hydrogens is 374 g/mol. The Labute approximate surface area is 179 Å². The molecule has 0 saturated carbocycles. The molecular formula is C25H31N3O2. The Morgan fingerprint density at radius 1 is 1.10 bits per heavy atom. The van der Waals surface area contributed by atoms with Crippen molar-refractivity contribution in [1.82, 2.24) is 14.7 Å². The summed E-state index contributed by atoms with van der Waals surface area (Å²) < 4.78 is 8.20. The molecule has 1 aromatic heterocycles. The quantitative estimate of drug-likeness (QED) is 0.508. The minimum Gasteiger partial charge on any atom is -0.439 e. The maximum Gasteiger partial charge on any atom is 0.226 e. The minimum atomic E-state index is 0.126. The van der Waals surface area contributed by atoms with Gasteiger partial charge in [-0.2, -0.15) is 5.10 Å². The molecule has 2 aromatic carbocycles. The molecule has 0 saturated heterocycles. The molecule has 5 nitrogen and oxygen atoms in total. The predicted octanol–water partition coefficient (Wildman–Crippen LogP) is 5.33. The zero-order valence-corrected chi connectivity index (χ0v) is 18.6. The number of ether oxygens (including phenoxy) is 1. The second kappa shape index (κ2) is 9.61. The molecule has 3 rings (SSSR count). The monoisotopic (exact) mass is 405 g/mol. The second-order valence-electron chi connectivity index (χ2n) is 7.84. The van der Waals surface area contributed by atoms with Crippen LogP contribution in [0.4, 0.5) is 0 Å². The number of carbonyl (C=O) groups is 1. The number of benzene rings is 2. The van der Waals surface area contributed by atoms with Gasteiger partial charge in [-0.05, 0) is 57.9 Å². The van der Waals surface area contributed by atoms with Crippen LogP contribution in [0.2, 0.25) is 0 Å². The highest BCUT2D eigenvalue weighted by atomic mass is 16.5. The Morgan fingerprint density at radius 3 is 2.37 bits per heavy atom. The number of hydrogen-bond donors (Lipinski definition) is 0. The highest BCUT2D eigenvalue weighted by Crippen LogP contribution is 2.32. The maximum atomic E-state index is 12.6. The summed E-state index contributed by atoms with van der Waals surface area (Å²) in [5.41, 5.74) is 4.07. The van der Waals surface area contributed by atoms with Crippen molar-refractivity contribution in [2.24, 2.45) is 0 Å². The number of aromatic nitrogens is 2. The molecule has 0 aliphatic rings. The standard InChI is InChI=1S/C25H31N3O2/c1-6-23-22(16-17-24(29)27(5)18(2)3)25(30-21-14-12-19(4)13-15-21)28(26-23)20-10-8-7-9-11-20/h7-15,18H,6,16-17H2,1-5H3. The zero-order valence-electron chi connectivity index (χ0n) is 18.6. The third-order valence-electron chi connectivity index (χ3n) is 5.35. The summed E-state index contributed by atoms with van der Waals surface area (Å²) in [4.78, 5) is 14.4. The van der Waals surface area contributed by atoms with E-state index in [-0.39, 0.29) is 11.9 Å². The third-order valence-corrected chi connectivity index (χ3v) is 5.35. The smallest absolute Gasteiger partial charge is 0.226 e. The largest absolute Gasteiger partial charge is 0.439 e. The summed E-state index contributed by atoms with van der Waals surface area (Å²) in [7, 11) is 1.85. The van der Waals surface area contributed by atoms with Gasteiger partial charge >= 0.3 is 0 Å². The second-order valence-corrected chi connectivity index (χ2v) is 7.84.